The smallest absolute Gasteiger partial charge is 0.257 e. The molecule has 0 atom stereocenters. The van der Waals surface area contributed by atoms with E-state index in [9.17, 15) is 9.18 Å². The third-order valence-corrected chi connectivity index (χ3v) is 2.48. The molecule has 1 heterocycles. The zero-order chi connectivity index (χ0) is 13.8. The number of methoxy groups -OCH3 is 1. The number of nitrogen functional groups attached to an aromatic ring is 1. The van der Waals surface area contributed by atoms with Gasteiger partial charge in [-0.25, -0.2) is 4.39 Å². The number of carbonyl (C=O) groups is 1. The molecule has 0 saturated heterocycles. The first-order valence-corrected chi connectivity index (χ1v) is 5.45. The molecule has 0 radical (unpaired) electrons. The van der Waals surface area contributed by atoms with Crippen molar-refractivity contribution in [2.24, 2.45) is 0 Å². The molecule has 0 unspecified atom stereocenters. The van der Waals surface area contributed by atoms with Crippen molar-refractivity contribution in [3.05, 3.63) is 48.0 Å². The highest BCUT2D eigenvalue weighted by molar-refractivity contribution is 6.05. The minimum absolute atomic E-state index is 0.113. The number of hydrogen-bond donors (Lipinski definition) is 2. The third kappa shape index (κ3) is 2.98. The van der Waals surface area contributed by atoms with E-state index in [-0.39, 0.29) is 5.56 Å². The van der Waals surface area contributed by atoms with E-state index in [0.29, 0.717) is 17.1 Å². The highest BCUT2D eigenvalue weighted by Gasteiger charge is 2.10. The number of nitrogens with one attached hydrogen (secondary N) is 1. The van der Waals surface area contributed by atoms with E-state index in [4.69, 9.17) is 10.5 Å². The number of amides is 1. The summed E-state index contributed by atoms with van der Waals surface area (Å²) in [5.41, 5.74) is 6.64. The third-order valence-electron chi connectivity index (χ3n) is 2.48. The predicted molar refractivity (Wildman–Crippen MR) is 69.6 cm³/mol. The molecule has 2 rings (SSSR count). The maximum Gasteiger partial charge on any atom is 0.257 e. The van der Waals surface area contributed by atoms with Gasteiger partial charge in [-0.05, 0) is 18.2 Å². The van der Waals surface area contributed by atoms with Crippen LogP contribution in [0.15, 0.2) is 36.7 Å². The van der Waals surface area contributed by atoms with Gasteiger partial charge in [-0.2, -0.15) is 0 Å². The average molecular weight is 261 g/mol. The van der Waals surface area contributed by atoms with Crippen LogP contribution < -0.4 is 15.8 Å². The van der Waals surface area contributed by atoms with Crippen molar-refractivity contribution < 1.29 is 13.9 Å². The summed E-state index contributed by atoms with van der Waals surface area (Å²) in [6.45, 7) is 0. The molecule has 19 heavy (non-hydrogen) atoms. The van der Waals surface area contributed by atoms with Gasteiger partial charge in [0.15, 0.2) is 0 Å². The molecule has 0 spiro atoms. The number of halogens is 1. The van der Waals surface area contributed by atoms with Crippen molar-refractivity contribution >= 4 is 17.3 Å². The molecule has 3 N–H and O–H groups in total. The first-order chi connectivity index (χ1) is 9.10. The number of anilines is 2. The summed E-state index contributed by atoms with van der Waals surface area (Å²) in [4.78, 5) is 15.5. The standard InChI is InChI=1S/C13H12FN3O2/c1-19-10-2-3-11(15)12(5-10)17-13(18)8-4-9(14)7-16-6-8/h2-7H,15H2,1H3,(H,17,18). The Morgan fingerprint density at radius 2 is 2.16 bits per heavy atom. The van der Waals surface area contributed by atoms with Crippen LogP contribution in [-0.2, 0) is 0 Å². The van der Waals surface area contributed by atoms with Gasteiger partial charge in [-0.3, -0.25) is 9.78 Å². The molecule has 0 aliphatic heterocycles. The summed E-state index contributed by atoms with van der Waals surface area (Å²) in [5, 5.41) is 2.58. The van der Waals surface area contributed by atoms with E-state index >= 15 is 0 Å². The number of hydrogen-bond acceptors (Lipinski definition) is 4. The Bertz CT molecular complexity index is 617. The number of aromatic nitrogens is 1. The molecule has 1 amide bonds. The minimum atomic E-state index is -0.578. The van der Waals surface area contributed by atoms with Gasteiger partial charge in [-0.1, -0.05) is 0 Å². The van der Waals surface area contributed by atoms with Crippen LogP contribution in [0.2, 0.25) is 0 Å². The first-order valence-electron chi connectivity index (χ1n) is 5.45. The number of ether oxygens (including phenoxy) is 1. The Morgan fingerprint density at radius 1 is 1.37 bits per heavy atom. The molecular weight excluding hydrogens is 249 g/mol. The lowest BCUT2D eigenvalue weighted by molar-refractivity contribution is 0.102. The van der Waals surface area contributed by atoms with Gasteiger partial charge in [0.05, 0.1) is 30.2 Å². The van der Waals surface area contributed by atoms with Crippen molar-refractivity contribution in [2.45, 2.75) is 0 Å². The summed E-state index contributed by atoms with van der Waals surface area (Å²) >= 11 is 0. The van der Waals surface area contributed by atoms with Gasteiger partial charge in [0, 0.05) is 12.3 Å². The van der Waals surface area contributed by atoms with E-state index in [1.165, 1.54) is 13.3 Å². The SMILES string of the molecule is COc1ccc(N)c(NC(=O)c2cncc(F)c2)c1. The molecule has 5 nitrogen and oxygen atoms in total. The van der Waals surface area contributed by atoms with Crippen LogP contribution in [0.4, 0.5) is 15.8 Å². The fourth-order valence-corrected chi connectivity index (χ4v) is 1.50. The van der Waals surface area contributed by atoms with Crippen LogP contribution >= 0.6 is 0 Å². The molecule has 0 saturated carbocycles. The maximum atomic E-state index is 13.0. The second-order valence-corrected chi connectivity index (χ2v) is 3.80. The van der Waals surface area contributed by atoms with E-state index in [0.717, 1.165) is 12.3 Å². The zero-order valence-electron chi connectivity index (χ0n) is 10.2. The Kier molecular flexibility index (Phi) is 3.61. The lowest BCUT2D eigenvalue weighted by atomic mass is 10.2. The van der Waals surface area contributed by atoms with Crippen LogP contribution in [0, 0.1) is 5.82 Å². The quantitative estimate of drug-likeness (QED) is 0.829. The highest BCUT2D eigenvalue weighted by atomic mass is 19.1. The number of rotatable bonds is 3. The molecule has 0 fully saturated rings. The highest BCUT2D eigenvalue weighted by Crippen LogP contribution is 2.24. The molecule has 1 aromatic carbocycles. The topological polar surface area (TPSA) is 77.2 Å². The van der Waals surface area contributed by atoms with Crippen molar-refractivity contribution in [3.8, 4) is 5.75 Å². The monoisotopic (exact) mass is 261 g/mol. The van der Waals surface area contributed by atoms with Gasteiger partial charge >= 0.3 is 0 Å². The van der Waals surface area contributed by atoms with Crippen LogP contribution in [0.1, 0.15) is 10.4 Å². The molecule has 0 aliphatic carbocycles. The van der Waals surface area contributed by atoms with Crippen molar-refractivity contribution in [1.82, 2.24) is 4.98 Å². The van der Waals surface area contributed by atoms with Gasteiger partial charge in [0.25, 0.3) is 5.91 Å². The van der Waals surface area contributed by atoms with Gasteiger partial charge in [0.1, 0.15) is 11.6 Å². The van der Waals surface area contributed by atoms with Crippen LogP contribution in [0.3, 0.4) is 0 Å². The van der Waals surface area contributed by atoms with E-state index in [1.807, 2.05) is 0 Å². The van der Waals surface area contributed by atoms with Crippen molar-refractivity contribution in [3.63, 3.8) is 0 Å². The van der Waals surface area contributed by atoms with Crippen LogP contribution in [0.25, 0.3) is 0 Å². The summed E-state index contributed by atoms with van der Waals surface area (Å²) in [6, 6.07) is 5.96. The fraction of sp³-hybridized carbons (Fsp3) is 0.0769. The summed E-state index contributed by atoms with van der Waals surface area (Å²) in [7, 11) is 1.51. The molecule has 98 valence electrons. The second-order valence-electron chi connectivity index (χ2n) is 3.80. The zero-order valence-corrected chi connectivity index (χ0v) is 10.2. The minimum Gasteiger partial charge on any atom is -0.497 e. The Balaban J connectivity index is 2.23. The molecule has 0 bridgehead atoms. The molecular formula is C13H12FN3O2. The van der Waals surface area contributed by atoms with Crippen LogP contribution in [-0.4, -0.2) is 18.0 Å². The largest absolute Gasteiger partial charge is 0.497 e. The number of nitrogens with zero attached hydrogens (tertiary/aromatic N) is 1. The molecule has 2 aromatic rings. The summed E-state index contributed by atoms with van der Waals surface area (Å²) < 4.78 is 18.0. The number of nitrogens with two attached hydrogens (primary N) is 1. The van der Waals surface area contributed by atoms with E-state index < -0.39 is 11.7 Å². The lowest BCUT2D eigenvalue weighted by Gasteiger charge is -2.09. The number of carbonyl (C=O) groups excluding carboxylic acids is 1. The van der Waals surface area contributed by atoms with Crippen molar-refractivity contribution in [2.75, 3.05) is 18.2 Å². The summed E-state index contributed by atoms with van der Waals surface area (Å²) in [5.74, 6) is -0.514. The average Bonchev–Trinajstić information content (AvgIpc) is 2.41. The normalized spacial score (nSPS) is 10.0. The van der Waals surface area contributed by atoms with Crippen molar-refractivity contribution in [1.29, 1.82) is 0 Å². The first kappa shape index (κ1) is 12.8. The Morgan fingerprint density at radius 3 is 2.84 bits per heavy atom. The molecule has 6 heteroatoms. The summed E-state index contributed by atoms with van der Waals surface area (Å²) in [6.07, 6.45) is 2.30. The predicted octanol–water partition coefficient (Wildman–Crippen LogP) is 2.06. The Hall–Kier alpha value is -2.63. The molecule has 0 aliphatic rings. The second kappa shape index (κ2) is 5.34. The van der Waals surface area contributed by atoms with Gasteiger partial charge in [0.2, 0.25) is 0 Å². The number of pyridine rings is 1. The van der Waals surface area contributed by atoms with Gasteiger partial charge < -0.3 is 15.8 Å². The fourth-order valence-electron chi connectivity index (χ4n) is 1.50. The number of benzene rings is 1. The molecule has 1 aromatic heterocycles. The Labute approximate surface area is 109 Å². The van der Waals surface area contributed by atoms with Gasteiger partial charge in [-0.15, -0.1) is 0 Å². The van der Waals surface area contributed by atoms with Crippen LogP contribution in [0.5, 0.6) is 5.75 Å². The van der Waals surface area contributed by atoms with E-state index in [1.54, 1.807) is 18.2 Å². The lowest BCUT2D eigenvalue weighted by Crippen LogP contribution is -2.13. The van der Waals surface area contributed by atoms with E-state index in [2.05, 4.69) is 10.3 Å². The maximum absolute atomic E-state index is 13.0.